The van der Waals surface area contributed by atoms with Crippen molar-refractivity contribution in [2.75, 3.05) is 31.2 Å². The molecule has 2 aliphatic heterocycles. The van der Waals surface area contributed by atoms with Gasteiger partial charge >= 0.3 is 0 Å². The average molecular weight is 368 g/mol. The number of nitrogens with zero attached hydrogens (tertiary/aromatic N) is 3. The van der Waals surface area contributed by atoms with Crippen LogP contribution >= 0.6 is 0 Å². The summed E-state index contributed by atoms with van der Waals surface area (Å²) in [5.41, 5.74) is 1.01. The summed E-state index contributed by atoms with van der Waals surface area (Å²) in [7, 11) is 0. The Bertz CT molecular complexity index is 799. The second kappa shape index (κ2) is 7.82. The predicted octanol–water partition coefficient (Wildman–Crippen LogP) is 2.34. The van der Waals surface area contributed by atoms with Gasteiger partial charge in [-0.25, -0.2) is 9.97 Å². The van der Waals surface area contributed by atoms with E-state index < -0.39 is 0 Å². The summed E-state index contributed by atoms with van der Waals surface area (Å²) in [6, 6.07) is 7.53. The largest absolute Gasteiger partial charge is 0.486 e. The second-order valence-corrected chi connectivity index (χ2v) is 6.97. The maximum Gasteiger partial charge on any atom is 0.225 e. The summed E-state index contributed by atoms with van der Waals surface area (Å²) in [6.07, 6.45) is 5.30. The maximum absolute atomic E-state index is 12.8. The zero-order valence-electron chi connectivity index (χ0n) is 15.4. The number of aromatic nitrogens is 2. The van der Waals surface area contributed by atoms with Crippen LogP contribution in [0.15, 0.2) is 36.7 Å². The summed E-state index contributed by atoms with van der Waals surface area (Å²) >= 11 is 0. The van der Waals surface area contributed by atoms with Crippen molar-refractivity contribution in [2.24, 2.45) is 5.92 Å². The summed E-state index contributed by atoms with van der Waals surface area (Å²) < 4.78 is 11.2. The van der Waals surface area contributed by atoms with Gasteiger partial charge in [-0.3, -0.25) is 4.79 Å². The van der Waals surface area contributed by atoms with Gasteiger partial charge in [-0.2, -0.15) is 0 Å². The van der Waals surface area contributed by atoms with E-state index in [0.29, 0.717) is 25.7 Å². The van der Waals surface area contributed by atoms with Crippen LogP contribution in [0, 0.1) is 5.92 Å². The maximum atomic E-state index is 12.8. The molecular weight excluding hydrogens is 344 g/mol. The van der Waals surface area contributed by atoms with Crippen molar-refractivity contribution in [1.82, 2.24) is 15.3 Å². The summed E-state index contributed by atoms with van der Waals surface area (Å²) in [5.74, 6) is 2.19. The monoisotopic (exact) mass is 368 g/mol. The van der Waals surface area contributed by atoms with Gasteiger partial charge in [-0.05, 0) is 43.5 Å². The van der Waals surface area contributed by atoms with Gasteiger partial charge in [0.05, 0.1) is 12.0 Å². The number of rotatable bonds is 4. The van der Waals surface area contributed by atoms with Gasteiger partial charge < -0.3 is 19.7 Å². The lowest BCUT2D eigenvalue weighted by molar-refractivity contribution is -0.125. The Hall–Kier alpha value is -2.83. The van der Waals surface area contributed by atoms with E-state index in [0.717, 1.165) is 36.4 Å². The van der Waals surface area contributed by atoms with Crippen molar-refractivity contribution in [1.29, 1.82) is 0 Å². The number of hydrogen-bond donors (Lipinski definition) is 1. The highest BCUT2D eigenvalue weighted by Gasteiger charge is 2.28. The molecule has 1 fully saturated rings. The topological polar surface area (TPSA) is 76.6 Å². The third-order valence-electron chi connectivity index (χ3n) is 5.05. The zero-order chi connectivity index (χ0) is 18.6. The number of ether oxygens (including phenoxy) is 2. The Morgan fingerprint density at radius 2 is 2.00 bits per heavy atom. The van der Waals surface area contributed by atoms with Crippen LogP contribution in [0.3, 0.4) is 0 Å². The van der Waals surface area contributed by atoms with Gasteiger partial charge in [0.2, 0.25) is 11.9 Å². The number of benzene rings is 1. The van der Waals surface area contributed by atoms with Crippen molar-refractivity contribution in [3.05, 3.63) is 42.2 Å². The Labute approximate surface area is 158 Å². The van der Waals surface area contributed by atoms with Crippen molar-refractivity contribution in [3.8, 4) is 11.5 Å². The van der Waals surface area contributed by atoms with Crippen LogP contribution in [-0.4, -0.2) is 42.2 Å². The lowest BCUT2D eigenvalue weighted by atomic mass is 9.96. The molecule has 2 atom stereocenters. The predicted molar refractivity (Wildman–Crippen MR) is 101 cm³/mol. The smallest absolute Gasteiger partial charge is 0.225 e. The van der Waals surface area contributed by atoms with Gasteiger partial charge in [0.25, 0.3) is 0 Å². The van der Waals surface area contributed by atoms with E-state index >= 15 is 0 Å². The number of fused-ring (bicyclic) bond motifs is 1. The van der Waals surface area contributed by atoms with E-state index in [1.54, 1.807) is 18.5 Å². The Kier molecular flexibility index (Phi) is 5.09. The van der Waals surface area contributed by atoms with E-state index in [9.17, 15) is 4.79 Å². The third-order valence-corrected chi connectivity index (χ3v) is 5.05. The lowest BCUT2D eigenvalue weighted by Crippen LogP contribution is -2.44. The number of nitrogens with one attached hydrogen (secondary N) is 1. The molecule has 27 heavy (non-hydrogen) atoms. The molecule has 142 valence electrons. The zero-order valence-corrected chi connectivity index (χ0v) is 15.4. The van der Waals surface area contributed by atoms with Gasteiger partial charge in [0.1, 0.15) is 13.2 Å². The fraction of sp³-hybridized carbons (Fsp3) is 0.450. The van der Waals surface area contributed by atoms with Crippen LogP contribution in [-0.2, 0) is 4.79 Å². The summed E-state index contributed by atoms with van der Waals surface area (Å²) in [4.78, 5) is 23.5. The molecule has 3 heterocycles. The molecule has 1 amide bonds. The summed E-state index contributed by atoms with van der Waals surface area (Å²) in [5, 5.41) is 3.14. The number of carbonyl (C=O) groups is 1. The molecule has 2 aromatic rings. The molecule has 7 nitrogen and oxygen atoms in total. The minimum atomic E-state index is -0.100. The Balaban J connectivity index is 1.39. The van der Waals surface area contributed by atoms with E-state index in [4.69, 9.17) is 9.47 Å². The quantitative estimate of drug-likeness (QED) is 0.893. The summed E-state index contributed by atoms with van der Waals surface area (Å²) in [6.45, 7) is 4.64. The van der Waals surface area contributed by atoms with Crippen molar-refractivity contribution < 1.29 is 14.3 Å². The van der Waals surface area contributed by atoms with Crippen LogP contribution in [0.5, 0.6) is 11.5 Å². The molecular formula is C20H24N4O3. The minimum absolute atomic E-state index is 0.0674. The molecule has 1 N–H and O–H groups in total. The fourth-order valence-electron chi connectivity index (χ4n) is 3.57. The van der Waals surface area contributed by atoms with Gasteiger partial charge in [-0.1, -0.05) is 6.07 Å². The van der Waals surface area contributed by atoms with Gasteiger partial charge in [0.15, 0.2) is 11.5 Å². The molecule has 2 unspecified atom stereocenters. The molecule has 1 aromatic heterocycles. The first-order chi connectivity index (χ1) is 13.2. The number of carbonyl (C=O) groups excluding carboxylic acids is 1. The minimum Gasteiger partial charge on any atom is -0.486 e. The van der Waals surface area contributed by atoms with E-state index in [1.807, 2.05) is 25.1 Å². The molecule has 0 spiro atoms. The Morgan fingerprint density at radius 3 is 2.81 bits per heavy atom. The second-order valence-electron chi connectivity index (χ2n) is 6.97. The van der Waals surface area contributed by atoms with Gasteiger partial charge in [-0.15, -0.1) is 0 Å². The number of amides is 1. The first-order valence-corrected chi connectivity index (χ1v) is 9.42. The normalized spacial score (nSPS) is 20.0. The van der Waals surface area contributed by atoms with Crippen LogP contribution in [0.1, 0.15) is 31.4 Å². The van der Waals surface area contributed by atoms with Gasteiger partial charge in [0, 0.05) is 25.5 Å². The highest BCUT2D eigenvalue weighted by molar-refractivity contribution is 5.80. The molecule has 0 saturated carbocycles. The third kappa shape index (κ3) is 3.97. The average Bonchev–Trinajstić information content (AvgIpc) is 2.74. The van der Waals surface area contributed by atoms with E-state index in [-0.39, 0.29) is 17.9 Å². The van der Waals surface area contributed by atoms with E-state index in [2.05, 4.69) is 20.2 Å². The highest BCUT2D eigenvalue weighted by atomic mass is 16.6. The standard InChI is InChI=1S/C20H24N4O3/c1-14(15-5-6-17-18(12-15)27-11-10-26-17)23-19(25)16-4-2-9-24(13-16)20-21-7-3-8-22-20/h3,5-8,12,14,16H,2,4,9-11,13H2,1H3,(H,23,25). The van der Waals surface area contributed by atoms with Crippen molar-refractivity contribution in [3.63, 3.8) is 0 Å². The first-order valence-electron chi connectivity index (χ1n) is 9.42. The Morgan fingerprint density at radius 1 is 1.22 bits per heavy atom. The highest BCUT2D eigenvalue weighted by Crippen LogP contribution is 2.32. The fourth-order valence-corrected chi connectivity index (χ4v) is 3.57. The molecule has 0 bridgehead atoms. The molecule has 2 aliphatic rings. The molecule has 0 aliphatic carbocycles. The number of piperidine rings is 1. The van der Waals surface area contributed by atoms with Crippen molar-refractivity contribution in [2.45, 2.75) is 25.8 Å². The molecule has 1 saturated heterocycles. The number of hydrogen-bond acceptors (Lipinski definition) is 6. The molecule has 0 radical (unpaired) electrons. The SMILES string of the molecule is CC(NC(=O)C1CCCN(c2ncccn2)C1)c1ccc2c(c1)OCCO2. The molecule has 7 heteroatoms. The molecule has 4 rings (SSSR count). The molecule has 1 aromatic carbocycles. The number of anilines is 1. The van der Waals surface area contributed by atoms with Crippen LogP contribution in [0.2, 0.25) is 0 Å². The van der Waals surface area contributed by atoms with Crippen LogP contribution in [0.4, 0.5) is 5.95 Å². The lowest BCUT2D eigenvalue weighted by Gasteiger charge is -2.32. The van der Waals surface area contributed by atoms with E-state index in [1.165, 1.54) is 0 Å². The van der Waals surface area contributed by atoms with Crippen LogP contribution < -0.4 is 19.7 Å². The van der Waals surface area contributed by atoms with Crippen molar-refractivity contribution >= 4 is 11.9 Å². The van der Waals surface area contributed by atoms with Crippen LogP contribution in [0.25, 0.3) is 0 Å². The first kappa shape index (κ1) is 17.6.